The number of nitrogens with zero attached hydrogens (tertiary/aromatic N) is 4. The van der Waals surface area contributed by atoms with Crippen molar-refractivity contribution >= 4 is 5.97 Å². The third-order valence-corrected chi connectivity index (χ3v) is 4.26. The summed E-state index contributed by atoms with van der Waals surface area (Å²) >= 11 is 0. The maximum absolute atomic E-state index is 9.93. The average molecular weight is 361 g/mol. The van der Waals surface area contributed by atoms with Crippen LogP contribution < -0.4 is 5.73 Å². The van der Waals surface area contributed by atoms with Crippen molar-refractivity contribution in [1.82, 2.24) is 19.7 Å². The molecule has 0 unspecified atom stereocenters. The number of aliphatic hydroxyl groups is 1. The molecule has 0 spiro atoms. The summed E-state index contributed by atoms with van der Waals surface area (Å²) in [5.41, 5.74) is 6.73. The Morgan fingerprint density at radius 3 is 2.65 bits per heavy atom. The molecule has 0 aromatic carbocycles. The number of unbranched alkanes of at least 4 members (excludes halogenated alkanes) is 1. The van der Waals surface area contributed by atoms with Crippen LogP contribution in [0.2, 0.25) is 0 Å². The fourth-order valence-electron chi connectivity index (χ4n) is 2.99. The molecule has 1 aliphatic carbocycles. The normalized spacial score (nSPS) is 21.9. The first kappa shape index (κ1) is 20.0. The quantitative estimate of drug-likeness (QED) is 0.741. The van der Waals surface area contributed by atoms with E-state index in [0.29, 0.717) is 12.2 Å². The van der Waals surface area contributed by atoms with E-state index in [9.17, 15) is 5.11 Å². The zero-order chi connectivity index (χ0) is 19.1. The maximum Gasteiger partial charge on any atom is 0.300 e. The smallest absolute Gasteiger partial charge is 0.300 e. The minimum atomic E-state index is -0.833. The number of hydrogen-bond acceptors (Lipinski definition) is 6. The van der Waals surface area contributed by atoms with Crippen LogP contribution in [0.3, 0.4) is 0 Å². The first-order chi connectivity index (χ1) is 12.4. The molecule has 1 fully saturated rings. The van der Waals surface area contributed by atoms with Gasteiger partial charge in [0.1, 0.15) is 11.5 Å². The number of aromatic nitrogens is 4. The Morgan fingerprint density at radius 1 is 1.38 bits per heavy atom. The Labute approximate surface area is 153 Å². The molecule has 0 aliphatic heterocycles. The fraction of sp³-hybridized carbons (Fsp3) is 0.556. The van der Waals surface area contributed by atoms with Crippen molar-refractivity contribution in [3.63, 3.8) is 0 Å². The van der Waals surface area contributed by atoms with E-state index in [4.69, 9.17) is 20.6 Å². The van der Waals surface area contributed by atoms with Gasteiger partial charge < -0.3 is 15.9 Å². The Kier molecular flexibility index (Phi) is 7.23. The summed E-state index contributed by atoms with van der Waals surface area (Å²) in [4.78, 5) is 18.0. The second-order valence-corrected chi connectivity index (χ2v) is 6.50. The fourth-order valence-corrected chi connectivity index (χ4v) is 2.99. The molecule has 8 nitrogen and oxygen atoms in total. The highest BCUT2D eigenvalue weighted by Crippen LogP contribution is 2.33. The Morgan fingerprint density at radius 2 is 2.12 bits per heavy atom. The number of pyridine rings is 1. The van der Waals surface area contributed by atoms with E-state index in [2.05, 4.69) is 17.0 Å². The monoisotopic (exact) mass is 361 g/mol. The SMILES string of the molecule is CC(=O)O.CCCCn1nc(-c2ccccn2)nc1[C@H]1C[C@H](N)[C@@H](O)C1. The first-order valence-electron chi connectivity index (χ1n) is 8.91. The summed E-state index contributed by atoms with van der Waals surface area (Å²) in [6.45, 7) is 4.08. The third-order valence-electron chi connectivity index (χ3n) is 4.26. The number of hydrogen-bond donors (Lipinski definition) is 3. The number of carbonyl (C=O) groups is 1. The summed E-state index contributed by atoms with van der Waals surface area (Å²) < 4.78 is 1.98. The van der Waals surface area contributed by atoms with E-state index in [-0.39, 0.29) is 12.0 Å². The van der Waals surface area contributed by atoms with Gasteiger partial charge in [-0.15, -0.1) is 5.10 Å². The lowest BCUT2D eigenvalue weighted by atomic mass is 10.1. The molecule has 2 aromatic rings. The molecule has 1 aliphatic rings. The number of nitrogens with two attached hydrogens (primary N) is 1. The molecular formula is C18H27N5O3. The van der Waals surface area contributed by atoms with Gasteiger partial charge in [-0.2, -0.15) is 0 Å². The minimum Gasteiger partial charge on any atom is -0.481 e. The van der Waals surface area contributed by atoms with Gasteiger partial charge in [-0.1, -0.05) is 19.4 Å². The van der Waals surface area contributed by atoms with E-state index < -0.39 is 12.1 Å². The van der Waals surface area contributed by atoms with Crippen LogP contribution in [-0.4, -0.2) is 48.1 Å². The van der Waals surface area contributed by atoms with Gasteiger partial charge in [-0.25, -0.2) is 9.67 Å². The van der Waals surface area contributed by atoms with Crippen molar-refractivity contribution in [3.8, 4) is 11.5 Å². The molecule has 0 saturated heterocycles. The number of carboxylic acids is 1. The van der Waals surface area contributed by atoms with Crippen LogP contribution in [0, 0.1) is 0 Å². The first-order valence-corrected chi connectivity index (χ1v) is 8.91. The summed E-state index contributed by atoms with van der Waals surface area (Å²) in [6, 6.07) is 5.56. The number of rotatable bonds is 5. The van der Waals surface area contributed by atoms with Crippen LogP contribution >= 0.6 is 0 Å². The average Bonchev–Trinajstić information content (AvgIpc) is 3.17. The van der Waals surface area contributed by atoms with Gasteiger partial charge in [0, 0.05) is 31.6 Å². The highest BCUT2D eigenvalue weighted by Gasteiger charge is 2.34. The molecule has 142 valence electrons. The highest BCUT2D eigenvalue weighted by atomic mass is 16.4. The topological polar surface area (TPSA) is 127 Å². The minimum absolute atomic E-state index is 0.167. The molecule has 4 N–H and O–H groups in total. The van der Waals surface area contributed by atoms with Crippen molar-refractivity contribution in [1.29, 1.82) is 0 Å². The van der Waals surface area contributed by atoms with Crippen LogP contribution in [-0.2, 0) is 11.3 Å². The number of aliphatic hydroxyl groups excluding tert-OH is 1. The Balaban J connectivity index is 0.000000552. The predicted octanol–water partition coefficient (Wildman–Crippen LogP) is 1.80. The molecule has 0 radical (unpaired) electrons. The number of carboxylic acid groups (broad SMARTS) is 1. The molecule has 2 aromatic heterocycles. The van der Waals surface area contributed by atoms with E-state index >= 15 is 0 Å². The van der Waals surface area contributed by atoms with E-state index in [1.54, 1.807) is 6.20 Å². The van der Waals surface area contributed by atoms with Gasteiger partial charge in [0.05, 0.1) is 6.10 Å². The molecule has 0 bridgehead atoms. The van der Waals surface area contributed by atoms with Crippen molar-refractivity contribution in [3.05, 3.63) is 30.2 Å². The molecule has 0 amide bonds. The predicted molar refractivity (Wildman–Crippen MR) is 97.4 cm³/mol. The zero-order valence-electron chi connectivity index (χ0n) is 15.2. The van der Waals surface area contributed by atoms with E-state index in [1.807, 2.05) is 22.9 Å². The standard InChI is InChI=1S/C16H23N5O.C2H4O2/c1-2-3-8-21-16(11-9-12(17)14(22)10-11)19-15(20-21)13-6-4-5-7-18-13;1-2(3)4/h4-7,11-12,14,22H,2-3,8-10,17H2,1H3;1H3,(H,3,4)/t11-,12-,14-;/m0./s1. The Bertz CT molecular complexity index is 690. The summed E-state index contributed by atoms with van der Waals surface area (Å²) in [5.74, 6) is 0.926. The largest absolute Gasteiger partial charge is 0.481 e. The van der Waals surface area contributed by atoms with Gasteiger partial charge >= 0.3 is 0 Å². The van der Waals surface area contributed by atoms with Gasteiger partial charge in [-0.3, -0.25) is 9.78 Å². The lowest BCUT2D eigenvalue weighted by Gasteiger charge is -2.10. The number of aliphatic carboxylic acids is 1. The van der Waals surface area contributed by atoms with Crippen molar-refractivity contribution in [2.75, 3.05) is 0 Å². The van der Waals surface area contributed by atoms with Crippen LogP contribution in [0.4, 0.5) is 0 Å². The highest BCUT2D eigenvalue weighted by molar-refractivity contribution is 5.62. The summed E-state index contributed by atoms with van der Waals surface area (Å²) in [6.07, 6.45) is 4.88. The van der Waals surface area contributed by atoms with Crippen LogP contribution in [0.25, 0.3) is 11.5 Å². The van der Waals surface area contributed by atoms with Gasteiger partial charge in [0.25, 0.3) is 5.97 Å². The van der Waals surface area contributed by atoms with Gasteiger partial charge in [0.2, 0.25) is 0 Å². The van der Waals surface area contributed by atoms with Crippen molar-refractivity contribution < 1.29 is 15.0 Å². The Hall–Kier alpha value is -2.32. The van der Waals surface area contributed by atoms with Crippen LogP contribution in [0.15, 0.2) is 24.4 Å². The second-order valence-electron chi connectivity index (χ2n) is 6.50. The zero-order valence-corrected chi connectivity index (χ0v) is 15.2. The van der Waals surface area contributed by atoms with Gasteiger partial charge in [-0.05, 0) is 31.4 Å². The maximum atomic E-state index is 9.93. The molecular weight excluding hydrogens is 334 g/mol. The lowest BCUT2D eigenvalue weighted by molar-refractivity contribution is -0.134. The summed E-state index contributed by atoms with van der Waals surface area (Å²) in [5, 5.41) is 22.0. The van der Waals surface area contributed by atoms with Crippen molar-refractivity contribution in [2.45, 2.75) is 64.1 Å². The molecule has 3 rings (SSSR count). The second kappa shape index (κ2) is 9.40. The molecule has 1 saturated carbocycles. The van der Waals surface area contributed by atoms with E-state index in [0.717, 1.165) is 44.2 Å². The lowest BCUT2D eigenvalue weighted by Crippen LogP contribution is -2.28. The number of aryl methyl sites for hydroxylation is 1. The molecule has 3 atom stereocenters. The van der Waals surface area contributed by atoms with Crippen LogP contribution in [0.1, 0.15) is 51.3 Å². The molecule has 2 heterocycles. The third kappa shape index (κ3) is 5.34. The molecule has 26 heavy (non-hydrogen) atoms. The van der Waals surface area contributed by atoms with E-state index in [1.165, 1.54) is 0 Å². The van der Waals surface area contributed by atoms with Crippen molar-refractivity contribution in [2.24, 2.45) is 5.73 Å². The summed E-state index contributed by atoms with van der Waals surface area (Å²) in [7, 11) is 0. The van der Waals surface area contributed by atoms with Gasteiger partial charge in [0.15, 0.2) is 5.82 Å². The van der Waals surface area contributed by atoms with Crippen LogP contribution in [0.5, 0.6) is 0 Å². The molecule has 8 heteroatoms.